The third-order valence-corrected chi connectivity index (χ3v) is 4.73. The average molecular weight is 401 g/mol. The molecule has 2 N–H and O–H groups in total. The van der Waals surface area contributed by atoms with Gasteiger partial charge in [-0.25, -0.2) is 4.79 Å². The smallest absolute Gasteiger partial charge is 0.338 e. The largest absolute Gasteiger partial charge is 0.462 e. The monoisotopic (exact) mass is 401 g/mol. The first kappa shape index (κ1) is 19.3. The van der Waals surface area contributed by atoms with Crippen molar-refractivity contribution in [1.82, 2.24) is 9.97 Å². The maximum atomic E-state index is 12.9. The summed E-state index contributed by atoms with van der Waals surface area (Å²) in [7, 11) is 0. The zero-order valence-electron chi connectivity index (χ0n) is 16.5. The first-order valence-electron chi connectivity index (χ1n) is 9.48. The Balaban J connectivity index is 1.77. The number of fused-ring (bicyclic) bond motifs is 2. The molecule has 0 aliphatic rings. The van der Waals surface area contributed by atoms with Crippen molar-refractivity contribution in [2.45, 2.75) is 13.8 Å². The lowest BCUT2D eigenvalue weighted by atomic mass is 10.1. The van der Waals surface area contributed by atoms with Gasteiger partial charge in [-0.2, -0.15) is 0 Å². The Bertz CT molecular complexity index is 1360. The lowest BCUT2D eigenvalue weighted by Crippen LogP contribution is -2.22. The molecule has 0 radical (unpaired) electrons. The van der Waals surface area contributed by atoms with Gasteiger partial charge in [0.2, 0.25) is 5.43 Å². The van der Waals surface area contributed by atoms with Crippen molar-refractivity contribution in [3.05, 3.63) is 81.8 Å². The first-order chi connectivity index (χ1) is 14.5. The predicted octanol–water partition coefficient (Wildman–Crippen LogP) is 3.81. The molecule has 1 amide bonds. The minimum atomic E-state index is -0.546. The molecule has 2 heterocycles. The van der Waals surface area contributed by atoms with Crippen molar-refractivity contribution >= 4 is 39.4 Å². The Morgan fingerprint density at radius 3 is 2.70 bits per heavy atom. The number of H-pyrrole nitrogens is 1. The van der Waals surface area contributed by atoms with Gasteiger partial charge in [0, 0.05) is 28.2 Å². The number of carbonyl (C=O) groups excluding carboxylic acids is 2. The van der Waals surface area contributed by atoms with Crippen LogP contribution in [0, 0.1) is 6.92 Å². The second-order valence-corrected chi connectivity index (χ2v) is 6.79. The molecule has 150 valence electrons. The van der Waals surface area contributed by atoms with Crippen LogP contribution in [-0.4, -0.2) is 28.5 Å². The molecule has 0 unspecified atom stereocenters. The van der Waals surface area contributed by atoms with E-state index in [-0.39, 0.29) is 17.6 Å². The summed E-state index contributed by atoms with van der Waals surface area (Å²) in [4.78, 5) is 45.2. The molecular weight excluding hydrogens is 382 g/mol. The quantitative estimate of drug-likeness (QED) is 0.506. The van der Waals surface area contributed by atoms with Gasteiger partial charge < -0.3 is 15.0 Å². The third-order valence-electron chi connectivity index (χ3n) is 4.73. The summed E-state index contributed by atoms with van der Waals surface area (Å²) in [5.74, 6) is -1.00. The minimum absolute atomic E-state index is 0.00198. The second-order valence-electron chi connectivity index (χ2n) is 6.79. The Morgan fingerprint density at radius 2 is 1.90 bits per heavy atom. The van der Waals surface area contributed by atoms with E-state index in [0.29, 0.717) is 38.8 Å². The van der Waals surface area contributed by atoms with Crippen LogP contribution in [0.3, 0.4) is 0 Å². The van der Waals surface area contributed by atoms with E-state index >= 15 is 0 Å². The van der Waals surface area contributed by atoms with Crippen LogP contribution in [0.2, 0.25) is 0 Å². The molecule has 0 aliphatic heterocycles. The van der Waals surface area contributed by atoms with E-state index in [0.717, 1.165) is 0 Å². The number of nitrogens with one attached hydrogen (secondary N) is 2. The van der Waals surface area contributed by atoms with Crippen molar-refractivity contribution < 1.29 is 14.3 Å². The first-order valence-corrected chi connectivity index (χ1v) is 9.48. The van der Waals surface area contributed by atoms with E-state index in [1.807, 2.05) is 6.07 Å². The van der Waals surface area contributed by atoms with Gasteiger partial charge in [0.15, 0.2) is 0 Å². The molecule has 0 spiro atoms. The van der Waals surface area contributed by atoms with E-state index < -0.39 is 11.9 Å². The van der Waals surface area contributed by atoms with Crippen LogP contribution < -0.4 is 10.7 Å². The molecular formula is C23H19N3O4. The number of rotatable bonds is 4. The number of benzene rings is 2. The molecule has 0 bridgehead atoms. The normalized spacial score (nSPS) is 10.9. The molecule has 0 fully saturated rings. The van der Waals surface area contributed by atoms with Crippen LogP contribution in [0.4, 0.5) is 5.69 Å². The average Bonchev–Trinajstić information content (AvgIpc) is 2.74. The number of aromatic nitrogens is 2. The van der Waals surface area contributed by atoms with Gasteiger partial charge in [-0.3, -0.25) is 14.6 Å². The molecule has 2 aromatic carbocycles. The lowest BCUT2D eigenvalue weighted by Gasteiger charge is -2.11. The van der Waals surface area contributed by atoms with Crippen molar-refractivity contribution in [2.75, 3.05) is 11.9 Å². The zero-order valence-corrected chi connectivity index (χ0v) is 16.5. The molecule has 0 saturated heterocycles. The SMILES string of the molecule is CCOC(=O)c1ccc2nc(C)cc(NC(=O)c3c[nH]c4ccccc4c3=O)c2c1. The summed E-state index contributed by atoms with van der Waals surface area (Å²) in [6, 6.07) is 13.7. The number of aryl methyl sites for hydroxylation is 1. The van der Waals surface area contributed by atoms with Crippen LogP contribution in [0.15, 0.2) is 59.5 Å². The van der Waals surface area contributed by atoms with E-state index in [1.54, 1.807) is 56.3 Å². The maximum absolute atomic E-state index is 12.9. The molecule has 7 heteroatoms. The molecule has 4 aromatic rings. The number of pyridine rings is 2. The maximum Gasteiger partial charge on any atom is 0.338 e. The number of hydrogen-bond acceptors (Lipinski definition) is 5. The van der Waals surface area contributed by atoms with Crippen LogP contribution in [-0.2, 0) is 4.74 Å². The van der Waals surface area contributed by atoms with Gasteiger partial charge in [0.1, 0.15) is 5.56 Å². The molecule has 0 saturated carbocycles. The number of ether oxygens (including phenoxy) is 1. The van der Waals surface area contributed by atoms with Crippen molar-refractivity contribution in [1.29, 1.82) is 0 Å². The summed E-state index contributed by atoms with van der Waals surface area (Å²) in [6.45, 7) is 3.80. The molecule has 30 heavy (non-hydrogen) atoms. The fourth-order valence-corrected chi connectivity index (χ4v) is 3.33. The zero-order chi connectivity index (χ0) is 21.3. The Hall–Kier alpha value is -4.00. The number of esters is 1. The fraction of sp³-hybridized carbons (Fsp3) is 0.130. The van der Waals surface area contributed by atoms with Gasteiger partial charge >= 0.3 is 5.97 Å². The fourth-order valence-electron chi connectivity index (χ4n) is 3.33. The number of anilines is 1. The van der Waals surface area contributed by atoms with Gasteiger partial charge in [-0.15, -0.1) is 0 Å². The molecule has 0 atom stereocenters. The van der Waals surface area contributed by atoms with Crippen LogP contribution in [0.25, 0.3) is 21.8 Å². The van der Waals surface area contributed by atoms with E-state index in [9.17, 15) is 14.4 Å². The van der Waals surface area contributed by atoms with E-state index in [1.165, 1.54) is 6.20 Å². The summed E-state index contributed by atoms with van der Waals surface area (Å²) in [5, 5.41) is 3.81. The highest BCUT2D eigenvalue weighted by molar-refractivity contribution is 6.10. The van der Waals surface area contributed by atoms with Crippen LogP contribution >= 0.6 is 0 Å². The summed E-state index contributed by atoms with van der Waals surface area (Å²) < 4.78 is 5.06. The lowest BCUT2D eigenvalue weighted by molar-refractivity contribution is 0.0526. The molecule has 0 aliphatic carbocycles. The second kappa shape index (κ2) is 7.79. The van der Waals surface area contributed by atoms with Crippen molar-refractivity contribution in [2.24, 2.45) is 0 Å². The van der Waals surface area contributed by atoms with Crippen molar-refractivity contribution in [3.8, 4) is 0 Å². The molecule has 7 nitrogen and oxygen atoms in total. The number of hydrogen-bond donors (Lipinski definition) is 2. The Kier molecular flexibility index (Phi) is 5.02. The standard InChI is InChI=1S/C23H19N3O4/c1-3-30-23(29)14-8-9-19-16(11-14)20(10-13(2)25-19)26-22(28)17-12-24-18-7-5-4-6-15(18)21(17)27/h4-12H,3H2,1-2H3,(H,24,27)(H,25,26,28). The number of carbonyl (C=O) groups is 2. The third kappa shape index (κ3) is 3.53. The van der Waals surface area contributed by atoms with E-state index in [2.05, 4.69) is 15.3 Å². The van der Waals surface area contributed by atoms with Crippen LogP contribution in [0.5, 0.6) is 0 Å². The Morgan fingerprint density at radius 1 is 1.10 bits per heavy atom. The Labute approximate surface area is 171 Å². The molecule has 2 aromatic heterocycles. The number of para-hydroxylation sites is 1. The predicted molar refractivity (Wildman–Crippen MR) is 115 cm³/mol. The highest BCUT2D eigenvalue weighted by atomic mass is 16.5. The number of amides is 1. The summed E-state index contributed by atoms with van der Waals surface area (Å²) in [6.07, 6.45) is 1.40. The van der Waals surface area contributed by atoms with Crippen LogP contribution in [0.1, 0.15) is 33.3 Å². The van der Waals surface area contributed by atoms with Gasteiger partial charge in [0.05, 0.1) is 23.4 Å². The summed E-state index contributed by atoms with van der Waals surface area (Å²) in [5.41, 5.74) is 2.42. The van der Waals surface area contributed by atoms with E-state index in [4.69, 9.17) is 4.74 Å². The van der Waals surface area contributed by atoms with Gasteiger partial charge in [-0.05, 0) is 50.2 Å². The topological polar surface area (TPSA) is 101 Å². The number of aromatic amines is 1. The highest BCUT2D eigenvalue weighted by Gasteiger charge is 2.16. The molecule has 4 rings (SSSR count). The van der Waals surface area contributed by atoms with Crippen molar-refractivity contribution in [3.63, 3.8) is 0 Å². The van der Waals surface area contributed by atoms with Gasteiger partial charge in [0.25, 0.3) is 5.91 Å². The van der Waals surface area contributed by atoms with Gasteiger partial charge in [-0.1, -0.05) is 12.1 Å². The minimum Gasteiger partial charge on any atom is -0.462 e. The number of nitrogens with zero attached hydrogens (tertiary/aromatic N) is 1. The highest BCUT2D eigenvalue weighted by Crippen LogP contribution is 2.25. The summed E-state index contributed by atoms with van der Waals surface area (Å²) >= 11 is 0.